The summed E-state index contributed by atoms with van der Waals surface area (Å²) in [5.41, 5.74) is 1.73. The molecule has 3 aromatic rings. The highest BCUT2D eigenvalue weighted by Crippen LogP contribution is 2.17. The number of hydrogen-bond donors (Lipinski definition) is 1. The Bertz CT molecular complexity index is 1160. The second kappa shape index (κ2) is 8.87. The maximum atomic E-state index is 12.9. The average molecular weight is 427 g/mol. The number of benzene rings is 3. The van der Waals surface area contributed by atoms with E-state index in [1.54, 1.807) is 24.3 Å². The predicted molar refractivity (Wildman–Crippen MR) is 109 cm³/mol. The van der Waals surface area contributed by atoms with Gasteiger partial charge in [-0.15, -0.1) is 0 Å². The van der Waals surface area contributed by atoms with Crippen LogP contribution in [0.25, 0.3) is 0 Å². The zero-order chi connectivity index (χ0) is 21.7. The smallest absolute Gasteiger partial charge is 0.338 e. The van der Waals surface area contributed by atoms with E-state index in [1.165, 1.54) is 36.4 Å². The lowest BCUT2D eigenvalue weighted by molar-refractivity contribution is 0.0474. The molecule has 30 heavy (non-hydrogen) atoms. The lowest BCUT2D eigenvalue weighted by Gasteiger charge is -2.09. The number of nitrogens with one attached hydrogen (secondary N) is 1. The number of sulfonamides is 1. The van der Waals surface area contributed by atoms with Crippen LogP contribution in [0, 0.1) is 12.7 Å². The molecule has 0 heterocycles. The summed E-state index contributed by atoms with van der Waals surface area (Å²) in [5.74, 6) is -1.73. The molecule has 0 unspecified atom stereocenters. The van der Waals surface area contributed by atoms with Crippen LogP contribution in [0.3, 0.4) is 0 Å². The summed E-state index contributed by atoms with van der Waals surface area (Å²) in [6.45, 7) is 1.38. The van der Waals surface area contributed by atoms with Crippen molar-refractivity contribution in [2.45, 2.75) is 11.8 Å². The lowest BCUT2D eigenvalue weighted by atomic mass is 10.1. The second-order valence-corrected chi connectivity index (χ2v) is 8.18. The van der Waals surface area contributed by atoms with Crippen LogP contribution in [-0.4, -0.2) is 26.8 Å². The van der Waals surface area contributed by atoms with Crippen molar-refractivity contribution in [1.82, 2.24) is 0 Å². The highest BCUT2D eigenvalue weighted by Gasteiger charge is 2.16. The maximum Gasteiger partial charge on any atom is 0.338 e. The van der Waals surface area contributed by atoms with E-state index in [-0.39, 0.29) is 16.0 Å². The Kier molecular flexibility index (Phi) is 6.27. The van der Waals surface area contributed by atoms with Gasteiger partial charge in [0.25, 0.3) is 10.0 Å². The van der Waals surface area contributed by atoms with Crippen molar-refractivity contribution in [2.24, 2.45) is 0 Å². The molecule has 0 radical (unpaired) electrons. The number of anilines is 1. The third-order valence-electron chi connectivity index (χ3n) is 4.20. The standard InChI is InChI=1S/C22H18FNO5S/c1-15-2-10-19(11-3-15)24-30(27,28)20-12-6-17(7-13-20)22(26)29-14-21(25)16-4-8-18(23)9-5-16/h2-13,24H,14H2,1H3. The van der Waals surface area contributed by atoms with E-state index in [2.05, 4.69) is 4.72 Å². The normalized spacial score (nSPS) is 11.0. The molecule has 0 saturated carbocycles. The van der Waals surface area contributed by atoms with Crippen molar-refractivity contribution < 1.29 is 27.1 Å². The summed E-state index contributed by atoms with van der Waals surface area (Å²) >= 11 is 0. The third kappa shape index (κ3) is 5.30. The number of ketones is 1. The molecule has 0 saturated heterocycles. The van der Waals surface area contributed by atoms with Crippen LogP contribution in [0.1, 0.15) is 26.3 Å². The van der Waals surface area contributed by atoms with Gasteiger partial charge in [0.15, 0.2) is 12.4 Å². The molecule has 3 rings (SSSR count). The van der Waals surface area contributed by atoms with E-state index < -0.39 is 34.2 Å². The second-order valence-electron chi connectivity index (χ2n) is 6.50. The van der Waals surface area contributed by atoms with Gasteiger partial charge in [0.1, 0.15) is 5.82 Å². The number of Topliss-reactive ketones (excluding diaryl/α,β-unsaturated/α-hetero) is 1. The molecule has 8 heteroatoms. The van der Waals surface area contributed by atoms with Crippen LogP contribution in [0.15, 0.2) is 77.7 Å². The zero-order valence-electron chi connectivity index (χ0n) is 16.0. The molecule has 0 aliphatic carbocycles. The van der Waals surface area contributed by atoms with Crippen molar-refractivity contribution in [3.05, 3.63) is 95.3 Å². The molecule has 0 amide bonds. The van der Waals surface area contributed by atoms with Gasteiger partial charge in [0.05, 0.1) is 10.5 Å². The Morgan fingerprint density at radius 3 is 2.03 bits per heavy atom. The van der Waals surface area contributed by atoms with Gasteiger partial charge < -0.3 is 4.74 Å². The van der Waals surface area contributed by atoms with Gasteiger partial charge in [-0.3, -0.25) is 9.52 Å². The first-order valence-corrected chi connectivity index (χ1v) is 10.4. The van der Waals surface area contributed by atoms with Crippen LogP contribution in [0.2, 0.25) is 0 Å². The topological polar surface area (TPSA) is 89.5 Å². The van der Waals surface area contributed by atoms with E-state index in [0.717, 1.165) is 17.7 Å². The van der Waals surface area contributed by atoms with Gasteiger partial charge in [-0.05, 0) is 67.6 Å². The minimum Gasteiger partial charge on any atom is -0.454 e. The molecular weight excluding hydrogens is 409 g/mol. The fraction of sp³-hybridized carbons (Fsp3) is 0.0909. The molecule has 0 bridgehead atoms. The molecule has 0 spiro atoms. The molecule has 0 aliphatic rings. The van der Waals surface area contributed by atoms with Gasteiger partial charge in [-0.25, -0.2) is 17.6 Å². The summed E-state index contributed by atoms with van der Waals surface area (Å²) in [6.07, 6.45) is 0. The molecule has 0 atom stereocenters. The van der Waals surface area contributed by atoms with Gasteiger partial charge in [-0.2, -0.15) is 0 Å². The number of hydrogen-bond acceptors (Lipinski definition) is 5. The highest BCUT2D eigenvalue weighted by molar-refractivity contribution is 7.92. The van der Waals surface area contributed by atoms with Crippen LogP contribution in [-0.2, 0) is 14.8 Å². The van der Waals surface area contributed by atoms with Gasteiger partial charge in [-0.1, -0.05) is 17.7 Å². The number of halogens is 1. The Labute approximate surface area is 173 Å². The first kappa shape index (κ1) is 21.2. The number of rotatable bonds is 7. The fourth-order valence-electron chi connectivity index (χ4n) is 2.54. The SMILES string of the molecule is Cc1ccc(NS(=O)(=O)c2ccc(C(=O)OCC(=O)c3ccc(F)cc3)cc2)cc1. The Morgan fingerprint density at radius 2 is 1.43 bits per heavy atom. The van der Waals surface area contributed by atoms with Crippen LogP contribution in [0.5, 0.6) is 0 Å². The van der Waals surface area contributed by atoms with Crippen molar-refractivity contribution in [3.8, 4) is 0 Å². The van der Waals surface area contributed by atoms with Gasteiger partial charge in [0.2, 0.25) is 0 Å². The monoisotopic (exact) mass is 427 g/mol. The van der Waals surface area contributed by atoms with Gasteiger partial charge in [0, 0.05) is 11.3 Å². The molecule has 3 aromatic carbocycles. The average Bonchev–Trinajstić information content (AvgIpc) is 2.74. The number of ether oxygens (including phenoxy) is 1. The number of carbonyl (C=O) groups is 2. The highest BCUT2D eigenvalue weighted by atomic mass is 32.2. The molecule has 1 N–H and O–H groups in total. The fourth-order valence-corrected chi connectivity index (χ4v) is 3.60. The summed E-state index contributed by atoms with van der Waals surface area (Å²) in [7, 11) is -3.82. The third-order valence-corrected chi connectivity index (χ3v) is 5.60. The Hall–Kier alpha value is -3.52. The molecule has 0 aliphatic heterocycles. The molecular formula is C22H18FNO5S. The van der Waals surface area contributed by atoms with Crippen molar-refractivity contribution in [3.63, 3.8) is 0 Å². The minimum absolute atomic E-state index is 0.0259. The summed E-state index contributed by atoms with van der Waals surface area (Å²) < 4.78 is 45.2. The number of esters is 1. The van der Waals surface area contributed by atoms with E-state index >= 15 is 0 Å². The van der Waals surface area contributed by atoms with E-state index in [1.807, 2.05) is 6.92 Å². The summed E-state index contributed by atoms with van der Waals surface area (Å²) in [6, 6.07) is 16.9. The Morgan fingerprint density at radius 1 is 0.867 bits per heavy atom. The first-order valence-electron chi connectivity index (χ1n) is 8.90. The quantitative estimate of drug-likeness (QED) is 0.455. The van der Waals surface area contributed by atoms with Crippen molar-refractivity contribution in [1.29, 1.82) is 0 Å². The lowest BCUT2D eigenvalue weighted by Crippen LogP contribution is -2.15. The van der Waals surface area contributed by atoms with Gasteiger partial charge >= 0.3 is 5.97 Å². The number of aryl methyl sites for hydroxylation is 1. The van der Waals surface area contributed by atoms with Crippen LogP contribution < -0.4 is 4.72 Å². The van der Waals surface area contributed by atoms with Crippen molar-refractivity contribution in [2.75, 3.05) is 11.3 Å². The van der Waals surface area contributed by atoms with E-state index in [0.29, 0.717) is 5.69 Å². The molecule has 6 nitrogen and oxygen atoms in total. The zero-order valence-corrected chi connectivity index (χ0v) is 16.8. The largest absolute Gasteiger partial charge is 0.454 e. The van der Waals surface area contributed by atoms with Crippen LogP contribution in [0.4, 0.5) is 10.1 Å². The van der Waals surface area contributed by atoms with E-state index in [4.69, 9.17) is 4.74 Å². The molecule has 0 aromatic heterocycles. The minimum atomic E-state index is -3.82. The van der Waals surface area contributed by atoms with E-state index in [9.17, 15) is 22.4 Å². The van der Waals surface area contributed by atoms with Crippen molar-refractivity contribution >= 4 is 27.5 Å². The summed E-state index contributed by atoms with van der Waals surface area (Å²) in [4.78, 5) is 24.1. The molecule has 0 fully saturated rings. The molecule has 154 valence electrons. The predicted octanol–water partition coefficient (Wildman–Crippen LogP) is 3.97. The maximum absolute atomic E-state index is 12.9. The Balaban J connectivity index is 1.62. The van der Waals surface area contributed by atoms with Crippen LogP contribution >= 0.6 is 0 Å². The summed E-state index contributed by atoms with van der Waals surface area (Å²) in [5, 5.41) is 0. The number of carbonyl (C=O) groups excluding carboxylic acids is 2. The first-order chi connectivity index (χ1) is 14.2.